The molecule has 0 spiro atoms. The second kappa shape index (κ2) is 13.0. The second-order valence-corrected chi connectivity index (χ2v) is 11.4. The fourth-order valence-electron chi connectivity index (χ4n) is 4.52. The standard InChI is InChI=1S/C31H35ClFN5O3/c1-31(2,3)36-30(41)38-16-4-15-37(17-18-38)27-14-13-25(35-28(39)22-7-9-23(32)10-8-22)19-26(27)29(40)34-20-21-5-11-24(33)12-6-21/h5-14,19H,4,15-18,20H2,1-3H3,(H,34,40)(H,35,39)(H,36,41). The number of urea groups is 1. The van der Waals surface area contributed by atoms with Crippen molar-refractivity contribution < 1.29 is 18.8 Å². The third-order valence-corrected chi connectivity index (χ3v) is 6.83. The molecule has 0 atom stereocenters. The van der Waals surface area contributed by atoms with Crippen molar-refractivity contribution in [1.82, 2.24) is 15.5 Å². The number of halogens is 2. The Balaban J connectivity index is 1.55. The van der Waals surface area contributed by atoms with E-state index in [1.807, 2.05) is 26.8 Å². The molecule has 0 bridgehead atoms. The zero-order chi connectivity index (χ0) is 29.6. The van der Waals surface area contributed by atoms with Crippen molar-refractivity contribution in [2.45, 2.75) is 39.3 Å². The fraction of sp³-hybridized carbons (Fsp3) is 0.323. The lowest BCUT2D eigenvalue weighted by molar-refractivity contribution is 0.0950. The van der Waals surface area contributed by atoms with Crippen LogP contribution in [0.4, 0.5) is 20.6 Å². The molecule has 0 saturated carbocycles. The van der Waals surface area contributed by atoms with Crippen LogP contribution in [-0.2, 0) is 6.54 Å². The molecule has 1 fully saturated rings. The maximum atomic E-state index is 13.5. The summed E-state index contributed by atoms with van der Waals surface area (Å²) in [6.07, 6.45) is 0.725. The molecular weight excluding hydrogens is 545 g/mol. The van der Waals surface area contributed by atoms with Gasteiger partial charge in [0, 0.05) is 60.2 Å². The van der Waals surface area contributed by atoms with E-state index in [-0.39, 0.29) is 35.7 Å². The Bertz CT molecular complexity index is 1390. The molecule has 0 aromatic heterocycles. The monoisotopic (exact) mass is 579 g/mol. The minimum Gasteiger partial charge on any atom is -0.369 e. The molecule has 0 aliphatic carbocycles. The lowest BCUT2D eigenvalue weighted by atomic mass is 10.1. The first-order valence-electron chi connectivity index (χ1n) is 13.5. The molecule has 41 heavy (non-hydrogen) atoms. The minimum absolute atomic E-state index is 0.114. The first kappa shape index (κ1) is 29.9. The topological polar surface area (TPSA) is 93.8 Å². The summed E-state index contributed by atoms with van der Waals surface area (Å²) in [5.41, 5.74) is 2.38. The van der Waals surface area contributed by atoms with Gasteiger partial charge in [-0.1, -0.05) is 23.7 Å². The van der Waals surface area contributed by atoms with E-state index in [2.05, 4.69) is 20.9 Å². The molecule has 10 heteroatoms. The summed E-state index contributed by atoms with van der Waals surface area (Å²) < 4.78 is 13.3. The predicted molar refractivity (Wildman–Crippen MR) is 160 cm³/mol. The maximum absolute atomic E-state index is 13.5. The van der Waals surface area contributed by atoms with Crippen molar-refractivity contribution in [2.24, 2.45) is 0 Å². The van der Waals surface area contributed by atoms with Crippen molar-refractivity contribution in [3.05, 3.63) is 94.3 Å². The summed E-state index contributed by atoms with van der Waals surface area (Å²) >= 11 is 5.95. The van der Waals surface area contributed by atoms with E-state index in [1.165, 1.54) is 12.1 Å². The van der Waals surface area contributed by atoms with Crippen LogP contribution in [0.1, 0.15) is 53.5 Å². The van der Waals surface area contributed by atoms with Gasteiger partial charge in [-0.15, -0.1) is 0 Å². The van der Waals surface area contributed by atoms with Gasteiger partial charge in [0.15, 0.2) is 0 Å². The molecule has 1 aliphatic rings. The molecule has 4 amide bonds. The average Bonchev–Trinajstić information content (AvgIpc) is 3.18. The third kappa shape index (κ3) is 8.44. The lowest BCUT2D eigenvalue weighted by Gasteiger charge is -2.28. The highest BCUT2D eigenvalue weighted by Gasteiger charge is 2.25. The second-order valence-electron chi connectivity index (χ2n) is 11.0. The molecule has 4 rings (SSSR count). The molecule has 1 saturated heterocycles. The summed E-state index contributed by atoms with van der Waals surface area (Å²) in [6.45, 7) is 8.31. The summed E-state index contributed by atoms with van der Waals surface area (Å²) in [6, 6.07) is 17.6. The highest BCUT2D eigenvalue weighted by molar-refractivity contribution is 6.30. The number of nitrogens with zero attached hydrogens (tertiary/aromatic N) is 2. The van der Waals surface area contributed by atoms with E-state index < -0.39 is 0 Å². The number of carbonyl (C=O) groups is 3. The van der Waals surface area contributed by atoms with Crippen LogP contribution >= 0.6 is 11.6 Å². The van der Waals surface area contributed by atoms with Crippen molar-refractivity contribution in [3.8, 4) is 0 Å². The lowest BCUT2D eigenvalue weighted by Crippen LogP contribution is -2.49. The number of anilines is 2. The summed E-state index contributed by atoms with van der Waals surface area (Å²) in [4.78, 5) is 43.0. The number of nitrogens with one attached hydrogen (secondary N) is 3. The molecule has 3 aromatic rings. The smallest absolute Gasteiger partial charge is 0.317 e. The van der Waals surface area contributed by atoms with Gasteiger partial charge in [0.1, 0.15) is 5.82 Å². The Morgan fingerprint density at radius 1 is 0.878 bits per heavy atom. The van der Waals surface area contributed by atoms with Gasteiger partial charge < -0.3 is 25.8 Å². The average molecular weight is 580 g/mol. The van der Waals surface area contributed by atoms with Gasteiger partial charge in [-0.2, -0.15) is 0 Å². The Morgan fingerprint density at radius 3 is 2.27 bits per heavy atom. The van der Waals surface area contributed by atoms with Crippen LogP contribution in [0.2, 0.25) is 5.02 Å². The van der Waals surface area contributed by atoms with E-state index in [0.29, 0.717) is 53.7 Å². The molecule has 1 heterocycles. The van der Waals surface area contributed by atoms with E-state index in [4.69, 9.17) is 11.6 Å². The zero-order valence-electron chi connectivity index (χ0n) is 23.5. The number of rotatable bonds is 6. The molecular formula is C31H35ClFN5O3. The number of carbonyl (C=O) groups excluding carboxylic acids is 3. The molecule has 3 N–H and O–H groups in total. The van der Waals surface area contributed by atoms with E-state index in [0.717, 1.165) is 12.0 Å². The van der Waals surface area contributed by atoms with Gasteiger partial charge in [0.2, 0.25) is 0 Å². The molecule has 3 aromatic carbocycles. The quantitative estimate of drug-likeness (QED) is 0.350. The van der Waals surface area contributed by atoms with Crippen LogP contribution in [0.15, 0.2) is 66.7 Å². The molecule has 0 radical (unpaired) electrons. The van der Waals surface area contributed by atoms with Crippen molar-refractivity contribution in [2.75, 3.05) is 36.4 Å². The van der Waals surface area contributed by atoms with Gasteiger partial charge >= 0.3 is 6.03 Å². The molecule has 8 nitrogen and oxygen atoms in total. The van der Waals surface area contributed by atoms with Crippen LogP contribution < -0.4 is 20.9 Å². The van der Waals surface area contributed by atoms with Crippen molar-refractivity contribution >= 4 is 40.8 Å². The minimum atomic E-state index is -0.349. The summed E-state index contributed by atoms with van der Waals surface area (Å²) in [5.74, 6) is -1.02. The Labute approximate surface area is 244 Å². The third-order valence-electron chi connectivity index (χ3n) is 6.58. The molecule has 216 valence electrons. The first-order chi connectivity index (χ1) is 19.5. The maximum Gasteiger partial charge on any atom is 0.317 e. The first-order valence-corrected chi connectivity index (χ1v) is 13.9. The van der Waals surface area contributed by atoms with Gasteiger partial charge in [-0.3, -0.25) is 9.59 Å². The van der Waals surface area contributed by atoms with Gasteiger partial charge in [0.05, 0.1) is 5.56 Å². The summed E-state index contributed by atoms with van der Waals surface area (Å²) in [5, 5.41) is 9.30. The number of amides is 4. The predicted octanol–water partition coefficient (Wildman–Crippen LogP) is 5.68. The largest absolute Gasteiger partial charge is 0.369 e. The van der Waals surface area contributed by atoms with E-state index >= 15 is 0 Å². The zero-order valence-corrected chi connectivity index (χ0v) is 24.2. The Kier molecular flexibility index (Phi) is 9.50. The van der Waals surface area contributed by atoms with Gasteiger partial charge in [-0.25, -0.2) is 9.18 Å². The van der Waals surface area contributed by atoms with Crippen LogP contribution in [0.3, 0.4) is 0 Å². The molecule has 1 aliphatic heterocycles. The Morgan fingerprint density at radius 2 is 1.59 bits per heavy atom. The normalized spacial score (nSPS) is 13.8. The molecule has 0 unspecified atom stereocenters. The number of hydrogen-bond donors (Lipinski definition) is 3. The Hall–Kier alpha value is -4.11. The van der Waals surface area contributed by atoms with Crippen LogP contribution in [0.25, 0.3) is 0 Å². The fourth-order valence-corrected chi connectivity index (χ4v) is 4.64. The van der Waals surface area contributed by atoms with Crippen LogP contribution in [0, 0.1) is 5.82 Å². The highest BCUT2D eigenvalue weighted by atomic mass is 35.5. The SMILES string of the molecule is CC(C)(C)NC(=O)N1CCCN(c2ccc(NC(=O)c3ccc(Cl)cc3)cc2C(=O)NCc2ccc(F)cc2)CC1. The van der Waals surface area contributed by atoms with E-state index in [9.17, 15) is 18.8 Å². The van der Waals surface area contributed by atoms with Crippen molar-refractivity contribution in [1.29, 1.82) is 0 Å². The number of hydrogen-bond acceptors (Lipinski definition) is 4. The summed E-state index contributed by atoms with van der Waals surface area (Å²) in [7, 11) is 0. The van der Waals surface area contributed by atoms with E-state index in [1.54, 1.807) is 53.4 Å². The number of benzene rings is 3. The van der Waals surface area contributed by atoms with Gasteiger partial charge in [-0.05, 0) is 87.4 Å². The van der Waals surface area contributed by atoms with Crippen LogP contribution in [-0.4, -0.2) is 54.5 Å². The van der Waals surface area contributed by atoms with Crippen LogP contribution in [0.5, 0.6) is 0 Å². The highest BCUT2D eigenvalue weighted by Crippen LogP contribution is 2.27. The van der Waals surface area contributed by atoms with Gasteiger partial charge in [0.25, 0.3) is 11.8 Å². The van der Waals surface area contributed by atoms with Crippen molar-refractivity contribution in [3.63, 3.8) is 0 Å².